The van der Waals surface area contributed by atoms with Crippen molar-refractivity contribution < 1.29 is 41.5 Å². The SMILES string of the molecule is C.COC(C(=O)OCCC(CC(C)=O)CC(=O)Nc1cccc(S(=O)(=O)O)c1)c1ccccc1.F. The summed E-state index contributed by atoms with van der Waals surface area (Å²) in [6.45, 7) is 1.40. The average molecular weight is 514 g/mol. The first kappa shape index (κ1) is 31.9. The molecular weight excluding hydrogens is 481 g/mol. The second-order valence-corrected chi connectivity index (χ2v) is 8.93. The third-order valence-corrected chi connectivity index (χ3v) is 5.64. The van der Waals surface area contributed by atoms with Gasteiger partial charge in [0.15, 0.2) is 6.10 Å². The van der Waals surface area contributed by atoms with E-state index in [1.165, 1.54) is 32.2 Å². The highest BCUT2D eigenvalue weighted by Crippen LogP contribution is 2.21. The number of carbonyl (C=O) groups is 3. The number of anilines is 1. The lowest BCUT2D eigenvalue weighted by Gasteiger charge is -2.18. The van der Waals surface area contributed by atoms with Gasteiger partial charge in [0.2, 0.25) is 5.91 Å². The maximum atomic E-state index is 12.4. The molecule has 2 aromatic rings. The van der Waals surface area contributed by atoms with E-state index < -0.39 is 34.0 Å². The van der Waals surface area contributed by atoms with Gasteiger partial charge in [0.05, 0.1) is 11.5 Å². The van der Waals surface area contributed by atoms with Gasteiger partial charge in [-0.3, -0.25) is 14.1 Å². The van der Waals surface area contributed by atoms with Gasteiger partial charge >= 0.3 is 5.97 Å². The van der Waals surface area contributed by atoms with E-state index in [1.54, 1.807) is 24.3 Å². The Kier molecular flexibility index (Phi) is 13.6. The molecule has 0 aromatic heterocycles. The molecule has 2 N–H and O–H groups in total. The summed E-state index contributed by atoms with van der Waals surface area (Å²) in [6.07, 6.45) is -0.535. The van der Waals surface area contributed by atoms with Gasteiger partial charge in [-0.05, 0) is 43.0 Å². The van der Waals surface area contributed by atoms with Crippen LogP contribution in [0.25, 0.3) is 0 Å². The summed E-state index contributed by atoms with van der Waals surface area (Å²) in [7, 11) is -3.00. The lowest BCUT2D eigenvalue weighted by molar-refractivity contribution is -0.156. The number of esters is 1. The lowest BCUT2D eigenvalue weighted by atomic mass is 9.95. The van der Waals surface area contributed by atoms with Gasteiger partial charge in [0, 0.05) is 25.6 Å². The molecule has 0 radical (unpaired) electrons. The van der Waals surface area contributed by atoms with E-state index in [2.05, 4.69) is 5.32 Å². The number of amides is 1. The van der Waals surface area contributed by atoms with E-state index in [0.29, 0.717) is 5.56 Å². The van der Waals surface area contributed by atoms with Crippen molar-refractivity contribution in [3.63, 3.8) is 0 Å². The summed E-state index contributed by atoms with van der Waals surface area (Å²) in [4.78, 5) is 36.1. The average Bonchev–Trinajstić information content (AvgIpc) is 2.74. The predicted octanol–water partition coefficient (Wildman–Crippen LogP) is 3.97. The molecule has 0 saturated heterocycles. The third-order valence-electron chi connectivity index (χ3n) is 4.79. The Balaban J connectivity index is 0.00000578. The fraction of sp³-hybridized carbons (Fsp3) is 0.375. The number of methoxy groups -OCH3 is 1. The molecule has 35 heavy (non-hydrogen) atoms. The van der Waals surface area contributed by atoms with Crippen molar-refractivity contribution >= 4 is 33.5 Å². The summed E-state index contributed by atoms with van der Waals surface area (Å²) < 4.78 is 42.2. The zero-order valence-corrected chi connectivity index (χ0v) is 19.6. The zero-order chi connectivity index (χ0) is 24.4. The Labute approximate surface area is 204 Å². The molecule has 0 heterocycles. The lowest BCUT2D eigenvalue weighted by Crippen LogP contribution is -2.22. The Bertz CT molecular complexity index is 1080. The Morgan fingerprint density at radius 2 is 1.69 bits per heavy atom. The number of hydrogen-bond acceptors (Lipinski definition) is 7. The van der Waals surface area contributed by atoms with Crippen LogP contribution in [-0.4, -0.2) is 44.3 Å². The van der Waals surface area contributed by atoms with E-state index in [1.807, 2.05) is 6.07 Å². The second kappa shape index (κ2) is 15.0. The van der Waals surface area contributed by atoms with Gasteiger partial charge in [0.1, 0.15) is 5.78 Å². The number of hydrogen-bond donors (Lipinski definition) is 2. The molecule has 11 heteroatoms. The normalized spacial score (nSPS) is 12.3. The van der Waals surface area contributed by atoms with Crippen LogP contribution in [0.1, 0.15) is 45.3 Å². The summed E-state index contributed by atoms with van der Waals surface area (Å²) in [5, 5.41) is 2.55. The number of carbonyl (C=O) groups excluding carboxylic acids is 3. The smallest absolute Gasteiger partial charge is 0.339 e. The summed E-state index contributed by atoms with van der Waals surface area (Å²) >= 11 is 0. The predicted molar refractivity (Wildman–Crippen MR) is 129 cm³/mol. The molecule has 0 aliphatic rings. The maximum Gasteiger partial charge on any atom is 0.339 e. The minimum absolute atomic E-state index is 0. The largest absolute Gasteiger partial charge is 0.463 e. The van der Waals surface area contributed by atoms with Crippen LogP contribution in [0.2, 0.25) is 0 Å². The van der Waals surface area contributed by atoms with E-state index >= 15 is 0 Å². The van der Waals surface area contributed by atoms with E-state index in [9.17, 15) is 22.8 Å². The number of benzene rings is 2. The first-order valence-electron chi connectivity index (χ1n) is 10.2. The highest BCUT2D eigenvalue weighted by molar-refractivity contribution is 7.85. The van der Waals surface area contributed by atoms with Crippen molar-refractivity contribution in [2.24, 2.45) is 5.92 Å². The molecule has 1 amide bonds. The fourth-order valence-electron chi connectivity index (χ4n) is 3.29. The summed E-state index contributed by atoms with van der Waals surface area (Å²) in [5.41, 5.74) is 0.839. The molecule has 2 aromatic carbocycles. The summed E-state index contributed by atoms with van der Waals surface area (Å²) in [5.74, 6) is -1.53. The Morgan fingerprint density at radius 3 is 2.26 bits per heavy atom. The number of rotatable bonds is 12. The maximum absolute atomic E-state index is 12.4. The van der Waals surface area contributed by atoms with Crippen LogP contribution in [0.3, 0.4) is 0 Å². The van der Waals surface area contributed by atoms with Gasteiger partial charge in [-0.2, -0.15) is 8.42 Å². The summed E-state index contributed by atoms with van der Waals surface area (Å²) in [6, 6.07) is 14.0. The molecule has 9 nitrogen and oxygen atoms in total. The number of ether oxygens (including phenoxy) is 2. The molecule has 2 unspecified atom stereocenters. The molecule has 0 aliphatic carbocycles. The van der Waals surface area contributed by atoms with Crippen molar-refractivity contribution in [3.8, 4) is 0 Å². The van der Waals surface area contributed by atoms with Crippen LogP contribution in [0.15, 0.2) is 59.5 Å². The van der Waals surface area contributed by atoms with E-state index in [4.69, 9.17) is 14.0 Å². The van der Waals surface area contributed by atoms with Gasteiger partial charge in [-0.1, -0.05) is 43.8 Å². The van der Waals surface area contributed by atoms with Gasteiger partial charge < -0.3 is 19.6 Å². The van der Waals surface area contributed by atoms with Crippen LogP contribution in [0, 0.1) is 5.92 Å². The molecule has 194 valence electrons. The molecule has 0 bridgehead atoms. The van der Waals surface area contributed by atoms with Crippen molar-refractivity contribution in [2.75, 3.05) is 19.0 Å². The Hall–Kier alpha value is -3.15. The molecule has 2 rings (SSSR count). The number of nitrogens with one attached hydrogen (secondary N) is 1. The molecule has 2 atom stereocenters. The molecular formula is C24H32FNO8S. The van der Waals surface area contributed by atoms with Gasteiger partial charge in [-0.15, -0.1) is 0 Å². The van der Waals surface area contributed by atoms with E-state index in [0.717, 1.165) is 6.07 Å². The topological polar surface area (TPSA) is 136 Å². The highest BCUT2D eigenvalue weighted by Gasteiger charge is 2.23. The van der Waals surface area contributed by atoms with Crippen molar-refractivity contribution in [3.05, 3.63) is 60.2 Å². The fourth-order valence-corrected chi connectivity index (χ4v) is 3.82. The monoisotopic (exact) mass is 513 g/mol. The first-order valence-corrected chi connectivity index (χ1v) is 11.7. The minimum Gasteiger partial charge on any atom is -0.463 e. The van der Waals surface area contributed by atoms with Crippen LogP contribution >= 0.6 is 0 Å². The van der Waals surface area contributed by atoms with Crippen molar-refractivity contribution in [1.82, 2.24) is 0 Å². The highest BCUT2D eigenvalue weighted by atomic mass is 32.2. The molecule has 0 saturated carbocycles. The quantitative estimate of drug-likeness (QED) is 0.321. The standard InChI is InChI=1S/C23H27NO8S.CH4.FH/c1-16(25)13-17(11-12-32-23(27)22(31-2)18-7-4-3-5-8-18)14-21(26)24-19-9-6-10-20(15-19)33(28,29)30;;/h3-10,15,17,22H,11-14H2,1-2H3,(H,24,26)(H,28,29,30);1H4;1H. The first-order chi connectivity index (χ1) is 15.6. The second-order valence-electron chi connectivity index (χ2n) is 7.51. The van der Waals surface area contributed by atoms with Crippen LogP contribution in [-0.2, 0) is 34.0 Å². The molecule has 0 aliphatic heterocycles. The van der Waals surface area contributed by atoms with Crippen LogP contribution in [0.5, 0.6) is 0 Å². The minimum atomic E-state index is -4.40. The van der Waals surface area contributed by atoms with Gasteiger partial charge in [0.25, 0.3) is 10.1 Å². The number of Topliss-reactive ketones (excluding diaryl/α,β-unsaturated/α-hetero) is 1. The third kappa shape index (κ3) is 10.8. The van der Waals surface area contributed by atoms with Crippen molar-refractivity contribution in [1.29, 1.82) is 0 Å². The zero-order valence-electron chi connectivity index (χ0n) is 18.8. The van der Waals surface area contributed by atoms with Crippen molar-refractivity contribution in [2.45, 2.75) is 44.6 Å². The molecule has 0 fully saturated rings. The van der Waals surface area contributed by atoms with Gasteiger partial charge in [-0.25, -0.2) is 4.79 Å². The number of ketones is 1. The van der Waals surface area contributed by atoms with Crippen LogP contribution < -0.4 is 5.32 Å². The molecule has 0 spiro atoms. The Morgan fingerprint density at radius 1 is 1.03 bits per heavy atom. The van der Waals surface area contributed by atoms with Crippen LogP contribution in [0.4, 0.5) is 10.4 Å². The van der Waals surface area contributed by atoms with E-state index in [-0.39, 0.29) is 54.4 Å². The number of halogens is 1.